The van der Waals surface area contributed by atoms with E-state index in [0.29, 0.717) is 11.4 Å². The Balaban J connectivity index is 2.01. The normalized spacial score (nSPS) is 20.1. The Kier molecular flexibility index (Phi) is 4.79. The lowest BCUT2D eigenvalue weighted by atomic mass is 10.3. The van der Waals surface area contributed by atoms with E-state index in [9.17, 15) is 4.79 Å². The molecule has 1 fully saturated rings. The number of hydrogen-bond donors (Lipinski definition) is 3. The van der Waals surface area contributed by atoms with Gasteiger partial charge in [0, 0.05) is 32.8 Å². The molecule has 2 atom stereocenters. The highest BCUT2D eigenvalue weighted by Crippen LogP contribution is 2.30. The number of carbonyl (C=O) groups is 1. The van der Waals surface area contributed by atoms with Gasteiger partial charge in [0.1, 0.15) is 10.7 Å². The first-order valence-corrected chi connectivity index (χ1v) is 7.40. The molecule has 2 unspecified atom stereocenters. The average Bonchev–Trinajstić information content (AvgIpc) is 3.01. The van der Waals surface area contributed by atoms with Gasteiger partial charge in [-0.15, -0.1) is 0 Å². The summed E-state index contributed by atoms with van der Waals surface area (Å²) in [4.78, 5) is 18.8. The second kappa shape index (κ2) is 6.38. The highest BCUT2D eigenvalue weighted by Gasteiger charge is 2.24. The van der Waals surface area contributed by atoms with Crippen LogP contribution in [0.25, 0.3) is 0 Å². The maximum absolute atomic E-state index is 12.1. The van der Waals surface area contributed by atoms with Gasteiger partial charge in [0.2, 0.25) is 0 Å². The van der Waals surface area contributed by atoms with Crippen molar-refractivity contribution in [3.05, 3.63) is 4.88 Å². The van der Waals surface area contributed by atoms with Crippen LogP contribution in [0.4, 0.5) is 10.9 Å². The molecule has 1 aliphatic rings. The van der Waals surface area contributed by atoms with Crippen molar-refractivity contribution in [1.82, 2.24) is 10.3 Å². The minimum absolute atomic E-state index is 0.0378. The van der Waals surface area contributed by atoms with E-state index < -0.39 is 0 Å². The molecule has 7 nitrogen and oxygen atoms in total. The smallest absolute Gasteiger partial charge is 0.265 e. The number of amides is 1. The maximum Gasteiger partial charge on any atom is 0.265 e. The molecule has 20 heavy (non-hydrogen) atoms. The number of hydrogen-bond acceptors (Lipinski definition) is 7. The lowest BCUT2D eigenvalue weighted by molar-refractivity contribution is 0.0874. The summed E-state index contributed by atoms with van der Waals surface area (Å²) in [6.45, 7) is 3.94. The number of rotatable bonds is 5. The fourth-order valence-electron chi connectivity index (χ4n) is 1.98. The minimum atomic E-state index is -0.210. The first-order chi connectivity index (χ1) is 9.51. The number of nitrogen functional groups attached to an aromatic ring is 1. The van der Waals surface area contributed by atoms with Crippen LogP contribution in [0.5, 0.6) is 0 Å². The molecule has 0 saturated carbocycles. The van der Waals surface area contributed by atoms with Gasteiger partial charge in [-0.1, -0.05) is 11.3 Å². The van der Waals surface area contributed by atoms with Gasteiger partial charge >= 0.3 is 0 Å². The van der Waals surface area contributed by atoms with Crippen LogP contribution < -0.4 is 21.7 Å². The molecule has 2 rings (SSSR count). The molecule has 1 aliphatic heterocycles. The van der Waals surface area contributed by atoms with Gasteiger partial charge in [0.05, 0.1) is 6.10 Å². The molecule has 0 spiro atoms. The van der Waals surface area contributed by atoms with E-state index in [1.807, 2.05) is 6.92 Å². The van der Waals surface area contributed by atoms with E-state index in [2.05, 4.69) is 15.2 Å². The summed E-state index contributed by atoms with van der Waals surface area (Å²) in [6.07, 6.45) is 0.899. The summed E-state index contributed by atoms with van der Waals surface area (Å²) in [5.41, 5.74) is 11.7. The molecule has 112 valence electrons. The van der Waals surface area contributed by atoms with Crippen molar-refractivity contribution >= 4 is 28.2 Å². The van der Waals surface area contributed by atoms with Crippen molar-refractivity contribution in [3.63, 3.8) is 0 Å². The van der Waals surface area contributed by atoms with Crippen LogP contribution in [-0.4, -0.2) is 49.8 Å². The Labute approximate surface area is 122 Å². The van der Waals surface area contributed by atoms with Crippen LogP contribution >= 0.6 is 11.3 Å². The van der Waals surface area contributed by atoms with Gasteiger partial charge in [-0.05, 0) is 13.3 Å². The number of nitrogens with one attached hydrogen (secondary N) is 1. The zero-order valence-corrected chi connectivity index (χ0v) is 12.6. The molecule has 0 radical (unpaired) electrons. The minimum Gasteiger partial charge on any atom is -0.382 e. The fraction of sp³-hybridized carbons (Fsp3) is 0.667. The van der Waals surface area contributed by atoms with E-state index >= 15 is 0 Å². The Hall–Kier alpha value is -1.38. The number of aromatic nitrogens is 1. The summed E-state index contributed by atoms with van der Waals surface area (Å²) < 4.78 is 5.08. The summed E-state index contributed by atoms with van der Waals surface area (Å²) in [5.74, 6) is 0.0617. The Morgan fingerprint density at radius 2 is 2.45 bits per heavy atom. The summed E-state index contributed by atoms with van der Waals surface area (Å²) in [7, 11) is 1.60. The van der Waals surface area contributed by atoms with Gasteiger partial charge in [-0.2, -0.15) is 0 Å². The summed E-state index contributed by atoms with van der Waals surface area (Å²) >= 11 is 1.31. The average molecular weight is 299 g/mol. The lowest BCUT2D eigenvalue weighted by Gasteiger charge is -2.13. The molecule has 0 aromatic carbocycles. The number of nitrogens with two attached hydrogens (primary N) is 2. The predicted molar refractivity (Wildman–Crippen MR) is 80.1 cm³/mol. The zero-order chi connectivity index (χ0) is 14.7. The third-order valence-electron chi connectivity index (χ3n) is 3.30. The number of carbonyl (C=O) groups excluding carboxylic acids is 1. The van der Waals surface area contributed by atoms with Crippen molar-refractivity contribution in [2.24, 2.45) is 5.73 Å². The largest absolute Gasteiger partial charge is 0.382 e. The van der Waals surface area contributed by atoms with Crippen LogP contribution in [0.3, 0.4) is 0 Å². The Morgan fingerprint density at radius 3 is 3.05 bits per heavy atom. The van der Waals surface area contributed by atoms with E-state index in [1.165, 1.54) is 11.3 Å². The molecule has 1 saturated heterocycles. The first kappa shape index (κ1) is 15.0. The van der Waals surface area contributed by atoms with Gasteiger partial charge in [-0.3, -0.25) is 4.79 Å². The Bertz CT molecular complexity index is 478. The molecule has 1 aromatic heterocycles. The van der Waals surface area contributed by atoms with Crippen LogP contribution in [0, 0.1) is 0 Å². The highest BCUT2D eigenvalue weighted by atomic mass is 32.1. The summed E-state index contributed by atoms with van der Waals surface area (Å²) in [5, 5.41) is 3.55. The molecule has 8 heteroatoms. The van der Waals surface area contributed by atoms with Gasteiger partial charge in [0.15, 0.2) is 5.13 Å². The molecule has 0 aliphatic carbocycles. The number of anilines is 2. The van der Waals surface area contributed by atoms with Crippen molar-refractivity contribution in [2.45, 2.75) is 25.5 Å². The summed E-state index contributed by atoms with van der Waals surface area (Å²) in [6, 6.07) is 0.167. The zero-order valence-electron chi connectivity index (χ0n) is 11.8. The monoisotopic (exact) mass is 299 g/mol. The molecule has 2 heterocycles. The predicted octanol–water partition coefficient (Wildman–Crippen LogP) is 0.0274. The second-order valence-electron chi connectivity index (χ2n) is 4.96. The Morgan fingerprint density at radius 1 is 1.70 bits per heavy atom. The van der Waals surface area contributed by atoms with Crippen LogP contribution in [0.1, 0.15) is 23.0 Å². The number of nitrogens with zero attached hydrogens (tertiary/aromatic N) is 2. The lowest BCUT2D eigenvalue weighted by Crippen LogP contribution is -2.31. The van der Waals surface area contributed by atoms with Crippen LogP contribution in [0.15, 0.2) is 0 Å². The first-order valence-electron chi connectivity index (χ1n) is 6.59. The standard InChI is InChI=1S/C12H21N5O2S/c1-7(19-2)5-15-11(18)9-10(14)16-12(20-9)17-4-3-8(13)6-17/h7-8H,3-6,13-14H2,1-2H3,(H,15,18). The molecule has 5 N–H and O–H groups in total. The quantitative estimate of drug-likeness (QED) is 0.708. The van der Waals surface area contributed by atoms with Crippen molar-refractivity contribution < 1.29 is 9.53 Å². The maximum atomic E-state index is 12.1. The SMILES string of the molecule is COC(C)CNC(=O)c1sc(N2CCC(N)C2)nc1N. The molecular weight excluding hydrogens is 278 g/mol. The van der Waals surface area contributed by atoms with Crippen LogP contribution in [0.2, 0.25) is 0 Å². The van der Waals surface area contributed by atoms with Gasteiger partial charge in [0.25, 0.3) is 5.91 Å². The molecular formula is C12H21N5O2S. The number of thiazole rings is 1. The molecule has 0 bridgehead atoms. The van der Waals surface area contributed by atoms with Gasteiger partial charge in [-0.25, -0.2) is 4.98 Å². The number of methoxy groups -OCH3 is 1. The number of ether oxygens (including phenoxy) is 1. The molecule has 1 amide bonds. The third kappa shape index (κ3) is 3.38. The van der Waals surface area contributed by atoms with Crippen molar-refractivity contribution in [2.75, 3.05) is 37.4 Å². The van der Waals surface area contributed by atoms with E-state index in [4.69, 9.17) is 16.2 Å². The van der Waals surface area contributed by atoms with Crippen molar-refractivity contribution in [3.8, 4) is 0 Å². The highest BCUT2D eigenvalue weighted by molar-refractivity contribution is 7.18. The van der Waals surface area contributed by atoms with Crippen molar-refractivity contribution in [1.29, 1.82) is 0 Å². The van der Waals surface area contributed by atoms with E-state index in [1.54, 1.807) is 7.11 Å². The fourth-order valence-corrected chi connectivity index (χ4v) is 2.92. The molecule has 1 aromatic rings. The third-order valence-corrected chi connectivity index (χ3v) is 4.43. The van der Waals surface area contributed by atoms with Gasteiger partial charge < -0.3 is 26.4 Å². The van der Waals surface area contributed by atoms with E-state index in [-0.39, 0.29) is 23.9 Å². The topological polar surface area (TPSA) is 106 Å². The van der Waals surface area contributed by atoms with Crippen LogP contribution in [-0.2, 0) is 4.74 Å². The van der Waals surface area contributed by atoms with E-state index in [0.717, 1.165) is 24.6 Å². The second-order valence-corrected chi connectivity index (χ2v) is 5.94.